The van der Waals surface area contributed by atoms with Gasteiger partial charge in [0.15, 0.2) is 5.82 Å². The molecule has 1 aromatic heterocycles. The van der Waals surface area contributed by atoms with E-state index in [1.807, 2.05) is 48.5 Å². The van der Waals surface area contributed by atoms with E-state index in [1.54, 1.807) is 6.20 Å². The second-order valence-corrected chi connectivity index (χ2v) is 7.65. The number of hydrogen-bond acceptors (Lipinski definition) is 5. The smallest absolute Gasteiger partial charge is 0.229 e. The molecule has 1 aliphatic heterocycles. The van der Waals surface area contributed by atoms with Crippen molar-refractivity contribution in [3.8, 4) is 0 Å². The van der Waals surface area contributed by atoms with Crippen molar-refractivity contribution < 1.29 is 4.21 Å². The Morgan fingerprint density at radius 3 is 2.72 bits per heavy atom. The van der Waals surface area contributed by atoms with Crippen molar-refractivity contribution in [1.82, 2.24) is 9.97 Å². The molecule has 126 valence electrons. The zero-order valence-corrected chi connectivity index (χ0v) is 14.8. The monoisotopic (exact) mass is 370 g/mol. The molecule has 6 bridgehead atoms. The summed E-state index contributed by atoms with van der Waals surface area (Å²) in [6.45, 7) is 0. The summed E-state index contributed by atoms with van der Waals surface area (Å²) in [5.41, 5.74) is 2.78. The van der Waals surface area contributed by atoms with Gasteiger partial charge >= 0.3 is 0 Å². The van der Waals surface area contributed by atoms with E-state index >= 15 is 0 Å². The van der Waals surface area contributed by atoms with E-state index < -0.39 is 10.8 Å². The van der Waals surface area contributed by atoms with Crippen LogP contribution in [-0.4, -0.2) is 19.9 Å². The summed E-state index contributed by atoms with van der Waals surface area (Å²) in [6.07, 6.45) is 2.28. The van der Waals surface area contributed by atoms with Crippen molar-refractivity contribution in [2.75, 3.05) is 16.4 Å². The summed E-state index contributed by atoms with van der Waals surface area (Å²) in [4.78, 5) is 9.46. The molecule has 0 saturated heterocycles. The number of fused-ring (bicyclic) bond motifs is 6. The molecule has 7 heteroatoms. The van der Waals surface area contributed by atoms with Crippen molar-refractivity contribution in [3.05, 3.63) is 65.3 Å². The van der Waals surface area contributed by atoms with Gasteiger partial charge in [-0.05, 0) is 42.3 Å². The molecule has 2 N–H and O–H groups in total. The zero-order valence-electron chi connectivity index (χ0n) is 13.2. The fraction of sp³-hybridized carbons (Fsp3) is 0.111. The van der Waals surface area contributed by atoms with E-state index in [-0.39, 0.29) is 0 Å². The highest BCUT2D eigenvalue weighted by atomic mass is 35.5. The third-order valence-electron chi connectivity index (χ3n) is 3.86. The molecule has 5 nitrogen and oxygen atoms in total. The van der Waals surface area contributed by atoms with Gasteiger partial charge in [-0.15, -0.1) is 0 Å². The lowest BCUT2D eigenvalue weighted by molar-refractivity contribution is 0.682. The molecule has 3 aromatic rings. The lowest BCUT2D eigenvalue weighted by Crippen LogP contribution is -2.05. The number of aryl methyl sites for hydroxylation is 1. The molecule has 1 aliphatic rings. The minimum atomic E-state index is -1.07. The molecule has 0 saturated carbocycles. The Morgan fingerprint density at radius 1 is 1.04 bits per heavy atom. The molecule has 4 rings (SSSR count). The molecule has 1 atom stereocenters. The van der Waals surface area contributed by atoms with Gasteiger partial charge < -0.3 is 10.6 Å². The fourth-order valence-electron chi connectivity index (χ4n) is 2.63. The predicted octanol–water partition coefficient (Wildman–Crippen LogP) is 4.28. The van der Waals surface area contributed by atoms with Crippen LogP contribution in [0.15, 0.2) is 59.6 Å². The summed E-state index contributed by atoms with van der Waals surface area (Å²) >= 11 is 6.21. The average Bonchev–Trinajstić information content (AvgIpc) is 2.62. The molecule has 25 heavy (non-hydrogen) atoms. The van der Waals surface area contributed by atoms with Crippen LogP contribution in [0.5, 0.6) is 0 Å². The summed E-state index contributed by atoms with van der Waals surface area (Å²) < 4.78 is 12.6. The van der Waals surface area contributed by atoms with Crippen molar-refractivity contribution in [3.63, 3.8) is 0 Å². The predicted molar refractivity (Wildman–Crippen MR) is 101 cm³/mol. The van der Waals surface area contributed by atoms with Crippen LogP contribution in [0.4, 0.5) is 23.1 Å². The number of aromatic nitrogens is 2. The van der Waals surface area contributed by atoms with Gasteiger partial charge in [-0.1, -0.05) is 29.8 Å². The van der Waals surface area contributed by atoms with Gasteiger partial charge in [0.25, 0.3) is 0 Å². The summed E-state index contributed by atoms with van der Waals surface area (Å²) in [5.74, 6) is 1.52. The minimum absolute atomic E-state index is 0.415. The Morgan fingerprint density at radius 2 is 1.84 bits per heavy atom. The molecule has 0 aliphatic carbocycles. The van der Waals surface area contributed by atoms with Crippen LogP contribution >= 0.6 is 11.6 Å². The Hall–Kier alpha value is -2.44. The van der Waals surface area contributed by atoms with Gasteiger partial charge in [-0.25, -0.2) is 4.98 Å². The Kier molecular flexibility index (Phi) is 4.38. The van der Waals surface area contributed by atoms with Crippen LogP contribution in [0.25, 0.3) is 0 Å². The molecule has 2 aromatic carbocycles. The maximum atomic E-state index is 12.6. The van der Waals surface area contributed by atoms with Crippen molar-refractivity contribution >= 4 is 45.5 Å². The first-order valence-corrected chi connectivity index (χ1v) is 9.51. The highest BCUT2D eigenvalue weighted by molar-refractivity contribution is 7.85. The lowest BCUT2D eigenvalue weighted by Gasteiger charge is -2.13. The number of nitrogens with one attached hydrogen (secondary N) is 2. The highest BCUT2D eigenvalue weighted by Gasteiger charge is 2.11. The van der Waals surface area contributed by atoms with Crippen LogP contribution < -0.4 is 10.6 Å². The van der Waals surface area contributed by atoms with Crippen molar-refractivity contribution in [1.29, 1.82) is 0 Å². The quantitative estimate of drug-likeness (QED) is 0.618. The molecule has 0 amide bonds. The van der Waals surface area contributed by atoms with Gasteiger partial charge in [-0.2, -0.15) is 4.98 Å². The van der Waals surface area contributed by atoms with Crippen LogP contribution in [0.3, 0.4) is 0 Å². The van der Waals surface area contributed by atoms with Crippen LogP contribution in [0.2, 0.25) is 5.02 Å². The van der Waals surface area contributed by atoms with E-state index in [4.69, 9.17) is 11.6 Å². The zero-order chi connectivity index (χ0) is 17.2. The van der Waals surface area contributed by atoms with E-state index in [0.717, 1.165) is 28.3 Å². The maximum Gasteiger partial charge on any atom is 0.229 e. The third kappa shape index (κ3) is 3.65. The second kappa shape index (κ2) is 6.82. The van der Waals surface area contributed by atoms with Crippen molar-refractivity contribution in [2.45, 2.75) is 11.3 Å². The number of nitrogens with zero attached hydrogens (tertiary/aromatic N) is 2. The van der Waals surface area contributed by atoms with Gasteiger partial charge in [0, 0.05) is 22.0 Å². The topological polar surface area (TPSA) is 66.9 Å². The van der Waals surface area contributed by atoms with E-state index in [0.29, 0.717) is 22.5 Å². The van der Waals surface area contributed by atoms with Gasteiger partial charge in [0.1, 0.15) is 5.02 Å². The first-order valence-electron chi connectivity index (χ1n) is 7.81. The molecular formula is C18H15ClN4OS. The molecule has 0 fully saturated rings. The van der Waals surface area contributed by atoms with Crippen LogP contribution in [0.1, 0.15) is 5.56 Å². The normalized spacial score (nSPS) is 16.3. The first kappa shape index (κ1) is 16.1. The third-order valence-corrected chi connectivity index (χ3v) is 5.49. The average molecular weight is 371 g/mol. The summed E-state index contributed by atoms with van der Waals surface area (Å²) in [7, 11) is -1.07. The Bertz CT molecular complexity index is 963. The number of anilines is 4. The number of benzene rings is 2. The van der Waals surface area contributed by atoms with E-state index in [1.165, 1.54) is 0 Å². The number of rotatable bonds is 0. The summed E-state index contributed by atoms with van der Waals surface area (Å²) in [5, 5.41) is 6.78. The molecule has 1 unspecified atom stereocenters. The molecule has 2 heterocycles. The summed E-state index contributed by atoms with van der Waals surface area (Å²) in [6, 6.07) is 15.5. The molecule has 0 spiro atoms. The van der Waals surface area contributed by atoms with Crippen molar-refractivity contribution in [2.24, 2.45) is 0 Å². The highest BCUT2D eigenvalue weighted by Crippen LogP contribution is 2.26. The maximum absolute atomic E-state index is 12.6. The van der Waals surface area contributed by atoms with Crippen LogP contribution in [-0.2, 0) is 17.2 Å². The standard InChI is InChI=1S/C18H15ClN4OS/c19-16-11-20-18-22-13-4-1-3-12(9-13)7-8-25(24)15-6-2-5-14(10-15)21-17(16)23-18/h1-6,9-11H,7-8H2,(H2,20,21,22,23). The minimum Gasteiger partial charge on any atom is -0.339 e. The van der Waals surface area contributed by atoms with Gasteiger partial charge in [0.2, 0.25) is 5.95 Å². The fourth-order valence-corrected chi connectivity index (χ4v) is 3.91. The SMILES string of the molecule is O=S1CCc2cccc(c2)Nc2ncc(Cl)c(n2)Nc2cccc1c2. The lowest BCUT2D eigenvalue weighted by atomic mass is 10.1. The van der Waals surface area contributed by atoms with Gasteiger partial charge in [-0.3, -0.25) is 4.21 Å². The van der Waals surface area contributed by atoms with Gasteiger partial charge in [0.05, 0.1) is 17.0 Å². The van der Waals surface area contributed by atoms with E-state index in [9.17, 15) is 4.21 Å². The number of halogens is 1. The number of hydrogen-bond donors (Lipinski definition) is 2. The second-order valence-electron chi connectivity index (χ2n) is 5.67. The molecule has 0 radical (unpaired) electrons. The Balaban J connectivity index is 1.81. The molecular weight excluding hydrogens is 356 g/mol. The van der Waals surface area contributed by atoms with Crippen LogP contribution in [0, 0.1) is 0 Å². The van der Waals surface area contributed by atoms with E-state index in [2.05, 4.69) is 20.6 Å². The Labute approximate surface area is 152 Å². The largest absolute Gasteiger partial charge is 0.339 e. The first-order chi connectivity index (χ1) is 12.2.